The first-order chi connectivity index (χ1) is 16.6. The minimum Gasteiger partial charge on any atom is -0.487 e. The zero-order chi connectivity index (χ0) is 23.5. The Morgan fingerprint density at radius 3 is 2.68 bits per heavy atom. The van der Waals surface area contributed by atoms with Crippen molar-refractivity contribution in [3.8, 4) is 5.75 Å². The van der Waals surface area contributed by atoms with Crippen molar-refractivity contribution in [3.05, 3.63) is 112 Å². The third-order valence-corrected chi connectivity index (χ3v) is 7.27. The molecule has 172 valence electrons. The van der Waals surface area contributed by atoms with Crippen LogP contribution in [0.4, 0.5) is 10.1 Å². The highest BCUT2D eigenvalue weighted by Gasteiger charge is 2.24. The van der Waals surface area contributed by atoms with Gasteiger partial charge in [0.25, 0.3) is 0 Å². The second kappa shape index (κ2) is 9.91. The van der Waals surface area contributed by atoms with Crippen molar-refractivity contribution in [2.24, 2.45) is 4.99 Å². The number of ether oxygens (including phenoxy) is 1. The topological polar surface area (TPSA) is 56.5 Å². The first-order valence-corrected chi connectivity index (χ1v) is 12.5. The average molecular weight is 494 g/mol. The minimum absolute atomic E-state index is 0.203. The van der Waals surface area contributed by atoms with Crippen LogP contribution in [0.1, 0.15) is 16.7 Å². The Kier molecular flexibility index (Phi) is 6.56. The summed E-state index contributed by atoms with van der Waals surface area (Å²) in [5.41, 5.74) is 3.90. The molecule has 2 heterocycles. The van der Waals surface area contributed by atoms with Crippen molar-refractivity contribution < 1.29 is 13.3 Å². The Morgan fingerprint density at radius 2 is 1.88 bits per heavy atom. The fourth-order valence-electron chi connectivity index (χ4n) is 3.88. The van der Waals surface area contributed by atoms with Crippen LogP contribution < -0.4 is 10.2 Å². The van der Waals surface area contributed by atoms with E-state index in [9.17, 15) is 8.60 Å². The summed E-state index contributed by atoms with van der Waals surface area (Å²) in [6.07, 6.45) is 2.36. The summed E-state index contributed by atoms with van der Waals surface area (Å²) < 4.78 is 33.8. The number of aromatic nitrogens is 2. The Labute approximate surface area is 204 Å². The van der Waals surface area contributed by atoms with Crippen LogP contribution in [-0.4, -0.2) is 19.5 Å². The van der Waals surface area contributed by atoms with E-state index in [4.69, 9.17) is 16.3 Å². The van der Waals surface area contributed by atoms with E-state index in [0.29, 0.717) is 46.2 Å². The quantitative estimate of drug-likeness (QED) is 0.347. The molecule has 5 rings (SSSR count). The third kappa shape index (κ3) is 4.95. The van der Waals surface area contributed by atoms with Crippen LogP contribution in [-0.2, 0) is 30.4 Å². The van der Waals surface area contributed by atoms with E-state index in [-0.39, 0.29) is 12.4 Å². The van der Waals surface area contributed by atoms with Crippen LogP contribution in [0, 0.1) is 5.82 Å². The van der Waals surface area contributed by atoms with E-state index in [2.05, 4.69) is 9.98 Å². The van der Waals surface area contributed by atoms with Crippen LogP contribution in [0.5, 0.6) is 5.75 Å². The molecule has 4 aromatic rings. The molecule has 1 aliphatic heterocycles. The van der Waals surface area contributed by atoms with E-state index in [1.807, 2.05) is 34.9 Å². The van der Waals surface area contributed by atoms with Crippen LogP contribution in [0.25, 0.3) is 0 Å². The molecule has 0 bridgehead atoms. The van der Waals surface area contributed by atoms with E-state index in [1.54, 1.807) is 36.7 Å². The number of fused-ring (bicyclic) bond motifs is 1. The predicted molar refractivity (Wildman–Crippen MR) is 130 cm³/mol. The molecule has 1 unspecified atom stereocenters. The fourth-order valence-corrected chi connectivity index (χ4v) is 5.53. The lowest BCUT2D eigenvalue weighted by molar-refractivity contribution is 0.306. The van der Waals surface area contributed by atoms with Crippen molar-refractivity contribution in [1.82, 2.24) is 9.55 Å². The van der Waals surface area contributed by atoms with Crippen molar-refractivity contribution >= 4 is 28.1 Å². The van der Waals surface area contributed by atoms with Gasteiger partial charge >= 0.3 is 0 Å². The Morgan fingerprint density at radius 1 is 1.06 bits per heavy atom. The first kappa shape index (κ1) is 22.5. The summed E-state index contributed by atoms with van der Waals surface area (Å²) in [5.74, 6) is 0.736. The molecule has 3 aromatic carbocycles. The normalized spacial score (nSPS) is 15.4. The van der Waals surface area contributed by atoms with Gasteiger partial charge in [-0.1, -0.05) is 54.1 Å². The van der Waals surface area contributed by atoms with Crippen molar-refractivity contribution in [2.45, 2.75) is 24.6 Å². The fraction of sp³-hybridized carbons (Fsp3) is 0.154. The number of benzene rings is 3. The molecule has 0 N–H and O–H groups in total. The molecule has 0 radical (unpaired) electrons. The third-order valence-electron chi connectivity index (χ3n) is 5.49. The van der Waals surface area contributed by atoms with Gasteiger partial charge in [-0.2, -0.15) is 0 Å². The summed E-state index contributed by atoms with van der Waals surface area (Å²) >= 11 is 6.42. The molecule has 1 aromatic heterocycles. The maximum Gasteiger partial charge on any atom is 0.160 e. The van der Waals surface area contributed by atoms with Crippen LogP contribution in [0.15, 0.2) is 89.1 Å². The highest BCUT2D eigenvalue weighted by atomic mass is 35.5. The number of rotatable bonds is 6. The zero-order valence-electron chi connectivity index (χ0n) is 18.2. The van der Waals surface area contributed by atoms with Gasteiger partial charge in [0.2, 0.25) is 0 Å². The molecule has 8 heteroatoms. The monoisotopic (exact) mass is 493 g/mol. The largest absolute Gasteiger partial charge is 0.487 e. The lowest BCUT2D eigenvalue weighted by Crippen LogP contribution is -2.20. The van der Waals surface area contributed by atoms with Gasteiger partial charge < -0.3 is 9.30 Å². The van der Waals surface area contributed by atoms with E-state index >= 15 is 0 Å². The van der Waals surface area contributed by atoms with Gasteiger partial charge in [0.05, 0.1) is 27.8 Å². The minimum atomic E-state index is -1.09. The van der Waals surface area contributed by atoms with Crippen LogP contribution in [0.2, 0.25) is 5.02 Å². The van der Waals surface area contributed by atoms with Gasteiger partial charge in [0, 0.05) is 17.9 Å². The van der Waals surface area contributed by atoms with Crippen LogP contribution in [0.3, 0.4) is 0 Å². The SMILES string of the molecule is O=S1CCc2c1n(Cc1ccccc1)cnc2=Nc1ccc(OCc2cccc(F)c2)c(Cl)c1. The molecule has 0 aliphatic carbocycles. The molecule has 5 nitrogen and oxygen atoms in total. The van der Waals surface area contributed by atoms with E-state index in [0.717, 1.165) is 16.2 Å². The molecule has 1 atom stereocenters. The molecular formula is C26H21ClFN3O2S. The van der Waals surface area contributed by atoms with Crippen molar-refractivity contribution in [1.29, 1.82) is 0 Å². The standard InChI is InChI=1S/C26H21ClFN3O2S/c27-23-14-21(9-10-24(23)33-16-19-7-4-8-20(28)13-19)30-25-22-11-12-34(32)26(22)31(17-29-25)15-18-5-2-1-3-6-18/h1-10,13-14,17H,11-12,15-16H2. The molecule has 1 aliphatic rings. The maximum atomic E-state index is 13.4. The lowest BCUT2D eigenvalue weighted by Gasteiger charge is -2.12. The molecule has 0 saturated heterocycles. The van der Waals surface area contributed by atoms with Crippen molar-refractivity contribution in [3.63, 3.8) is 0 Å². The van der Waals surface area contributed by atoms with Gasteiger partial charge in [-0.15, -0.1) is 0 Å². The summed E-state index contributed by atoms with van der Waals surface area (Å²) in [7, 11) is -1.09. The lowest BCUT2D eigenvalue weighted by atomic mass is 10.2. The molecule has 0 fully saturated rings. The van der Waals surface area contributed by atoms with Crippen molar-refractivity contribution in [2.75, 3.05) is 5.75 Å². The molecular weight excluding hydrogens is 473 g/mol. The number of halogens is 2. The molecule has 0 saturated carbocycles. The summed E-state index contributed by atoms with van der Waals surface area (Å²) in [4.78, 5) is 9.24. The number of nitrogens with zero attached hydrogens (tertiary/aromatic N) is 3. The predicted octanol–water partition coefficient (Wildman–Crippen LogP) is 5.20. The van der Waals surface area contributed by atoms with Gasteiger partial charge in [0.15, 0.2) is 5.49 Å². The second-order valence-electron chi connectivity index (χ2n) is 7.91. The molecule has 0 spiro atoms. The average Bonchev–Trinajstić information content (AvgIpc) is 3.23. The highest BCUT2D eigenvalue weighted by molar-refractivity contribution is 7.85. The Balaban J connectivity index is 1.41. The highest BCUT2D eigenvalue weighted by Crippen LogP contribution is 2.30. The molecule has 0 amide bonds. The smallest absolute Gasteiger partial charge is 0.160 e. The van der Waals surface area contributed by atoms with Gasteiger partial charge in [-0.3, -0.25) is 4.21 Å². The maximum absolute atomic E-state index is 13.4. The van der Waals surface area contributed by atoms with Gasteiger partial charge in [0.1, 0.15) is 23.2 Å². The molecule has 34 heavy (non-hydrogen) atoms. The Hall–Kier alpha value is -3.29. The summed E-state index contributed by atoms with van der Waals surface area (Å²) in [6, 6.07) is 21.5. The number of hydrogen-bond donors (Lipinski definition) is 0. The first-order valence-electron chi connectivity index (χ1n) is 10.8. The summed E-state index contributed by atoms with van der Waals surface area (Å²) in [5, 5.41) is 1.17. The van der Waals surface area contributed by atoms with Gasteiger partial charge in [-0.05, 0) is 47.9 Å². The van der Waals surface area contributed by atoms with E-state index in [1.165, 1.54) is 12.1 Å². The Bertz CT molecular complexity index is 1440. The van der Waals surface area contributed by atoms with Crippen LogP contribution >= 0.6 is 11.6 Å². The number of hydrogen-bond acceptors (Lipinski definition) is 4. The summed E-state index contributed by atoms with van der Waals surface area (Å²) in [6.45, 7) is 0.806. The zero-order valence-corrected chi connectivity index (χ0v) is 19.7. The van der Waals surface area contributed by atoms with Gasteiger partial charge in [-0.25, -0.2) is 14.4 Å². The van der Waals surface area contributed by atoms with E-state index < -0.39 is 10.8 Å². The second-order valence-corrected chi connectivity index (χ2v) is 9.80.